The van der Waals surface area contributed by atoms with Crippen LogP contribution in [0, 0.1) is 11.3 Å². The van der Waals surface area contributed by atoms with Crippen LogP contribution in [0.3, 0.4) is 0 Å². The SMILES string of the molecule is CC[C@H]1CN(C(C)c2ccc(C(F)(F)F)nc2)[C@H](CC)CN1c1nc(=O)n(C)c2ccc(C#N)nc12. The molecule has 0 aliphatic carbocycles. The van der Waals surface area contributed by atoms with Crippen LogP contribution in [-0.2, 0) is 13.2 Å². The number of hydrogen-bond donors (Lipinski definition) is 0. The van der Waals surface area contributed by atoms with Crippen LogP contribution in [-0.4, -0.2) is 49.6 Å². The number of pyridine rings is 2. The molecule has 4 rings (SSSR count). The Balaban J connectivity index is 1.70. The minimum Gasteiger partial charge on any atom is -0.349 e. The van der Waals surface area contributed by atoms with Crippen LogP contribution in [0.2, 0.25) is 0 Å². The van der Waals surface area contributed by atoms with Crippen molar-refractivity contribution in [1.82, 2.24) is 24.4 Å². The van der Waals surface area contributed by atoms with Crippen LogP contribution in [0.4, 0.5) is 19.0 Å². The van der Waals surface area contributed by atoms with Crippen LogP contribution >= 0.6 is 0 Å². The van der Waals surface area contributed by atoms with Gasteiger partial charge < -0.3 is 4.90 Å². The van der Waals surface area contributed by atoms with E-state index in [0.29, 0.717) is 35.5 Å². The summed E-state index contributed by atoms with van der Waals surface area (Å²) < 4.78 is 40.3. The highest BCUT2D eigenvalue weighted by Crippen LogP contribution is 2.34. The minimum absolute atomic E-state index is 0.0204. The molecule has 0 bridgehead atoms. The average Bonchev–Trinajstić information content (AvgIpc) is 2.88. The number of aromatic nitrogens is 4. The van der Waals surface area contributed by atoms with E-state index in [1.54, 1.807) is 19.2 Å². The summed E-state index contributed by atoms with van der Waals surface area (Å²) >= 11 is 0. The maximum absolute atomic E-state index is 13.0. The lowest BCUT2D eigenvalue weighted by Gasteiger charge is -2.49. The van der Waals surface area contributed by atoms with E-state index < -0.39 is 17.6 Å². The van der Waals surface area contributed by atoms with Crippen LogP contribution in [0.25, 0.3) is 11.0 Å². The summed E-state index contributed by atoms with van der Waals surface area (Å²) in [7, 11) is 1.62. The maximum atomic E-state index is 13.0. The van der Waals surface area contributed by atoms with E-state index >= 15 is 0 Å². The lowest BCUT2D eigenvalue weighted by molar-refractivity contribution is -0.141. The van der Waals surface area contributed by atoms with Crippen molar-refractivity contribution in [1.29, 1.82) is 5.26 Å². The van der Waals surface area contributed by atoms with Crippen molar-refractivity contribution < 1.29 is 13.2 Å². The number of nitrogens with zero attached hydrogens (tertiary/aromatic N) is 7. The quantitative estimate of drug-likeness (QED) is 0.523. The normalized spacial score (nSPS) is 19.9. The topological polar surface area (TPSA) is 90.9 Å². The van der Waals surface area contributed by atoms with Gasteiger partial charge in [-0.2, -0.15) is 23.4 Å². The number of aryl methyl sites for hydroxylation is 1. The predicted molar refractivity (Wildman–Crippen MR) is 129 cm³/mol. The number of fused-ring (bicyclic) bond motifs is 1. The first-order chi connectivity index (χ1) is 17.1. The average molecular weight is 500 g/mol. The molecule has 1 aliphatic rings. The summed E-state index contributed by atoms with van der Waals surface area (Å²) in [4.78, 5) is 29.5. The van der Waals surface area contributed by atoms with Crippen LogP contribution in [0.5, 0.6) is 0 Å². The molecule has 4 heterocycles. The number of rotatable bonds is 5. The van der Waals surface area contributed by atoms with Crippen molar-refractivity contribution in [2.24, 2.45) is 7.05 Å². The first-order valence-corrected chi connectivity index (χ1v) is 11.9. The number of nitriles is 1. The summed E-state index contributed by atoms with van der Waals surface area (Å²) in [5.41, 5.74) is 0.734. The van der Waals surface area contributed by atoms with Gasteiger partial charge in [0.25, 0.3) is 0 Å². The Hall–Kier alpha value is -3.52. The summed E-state index contributed by atoms with van der Waals surface area (Å²) in [6.07, 6.45) is -1.64. The molecular formula is C25H28F3N7O. The monoisotopic (exact) mass is 499 g/mol. The molecule has 0 aromatic carbocycles. The van der Waals surface area contributed by atoms with Crippen LogP contribution < -0.4 is 10.6 Å². The van der Waals surface area contributed by atoms with Gasteiger partial charge in [0.2, 0.25) is 0 Å². The van der Waals surface area contributed by atoms with Gasteiger partial charge in [0.05, 0.1) is 5.52 Å². The zero-order valence-electron chi connectivity index (χ0n) is 20.6. The number of anilines is 1. The lowest BCUT2D eigenvalue weighted by atomic mass is 9.97. The van der Waals surface area contributed by atoms with Gasteiger partial charge in [-0.25, -0.2) is 9.78 Å². The Morgan fingerprint density at radius 2 is 1.83 bits per heavy atom. The molecule has 1 fully saturated rings. The molecule has 0 spiro atoms. The molecule has 3 aromatic rings. The second-order valence-electron chi connectivity index (χ2n) is 9.08. The van der Waals surface area contributed by atoms with Gasteiger partial charge in [0, 0.05) is 44.5 Å². The Morgan fingerprint density at radius 3 is 2.42 bits per heavy atom. The molecule has 0 radical (unpaired) electrons. The molecule has 36 heavy (non-hydrogen) atoms. The van der Waals surface area contributed by atoms with E-state index in [0.717, 1.165) is 18.9 Å². The number of piperazine rings is 1. The summed E-state index contributed by atoms with van der Waals surface area (Å²) in [5, 5.41) is 9.38. The van der Waals surface area contributed by atoms with Crippen molar-refractivity contribution in [3.05, 3.63) is 57.9 Å². The predicted octanol–water partition coefficient (Wildman–Crippen LogP) is 4.05. The highest BCUT2D eigenvalue weighted by Gasteiger charge is 2.37. The Bertz CT molecular complexity index is 1350. The molecule has 1 aliphatic heterocycles. The highest BCUT2D eigenvalue weighted by atomic mass is 19.4. The van der Waals surface area contributed by atoms with E-state index in [4.69, 9.17) is 0 Å². The molecule has 11 heteroatoms. The largest absolute Gasteiger partial charge is 0.433 e. The molecule has 0 amide bonds. The number of alkyl halides is 3. The third-order valence-corrected chi connectivity index (χ3v) is 7.06. The Labute approximate surface area is 207 Å². The van der Waals surface area contributed by atoms with Crippen molar-refractivity contribution in [3.63, 3.8) is 0 Å². The standard InChI is InChI=1S/C25H28F3N7O/c1-5-18-14-35(23-22-20(33(4)24(36)32-23)9-8-17(11-29)31-22)19(6-2)13-34(18)15(3)16-7-10-21(30-12-16)25(26,27)28/h7-10,12,15,18-19H,5-6,13-14H2,1-4H3/t15?,18-,19+/m1/s1. The highest BCUT2D eigenvalue weighted by molar-refractivity contribution is 5.86. The molecule has 190 valence electrons. The molecule has 0 N–H and O–H groups in total. The van der Waals surface area contributed by atoms with Crippen LogP contribution in [0.1, 0.15) is 56.6 Å². The fourth-order valence-electron chi connectivity index (χ4n) is 4.90. The third-order valence-electron chi connectivity index (χ3n) is 7.06. The molecular weight excluding hydrogens is 471 g/mol. The van der Waals surface area contributed by atoms with Gasteiger partial charge in [0.1, 0.15) is 23.0 Å². The second-order valence-corrected chi connectivity index (χ2v) is 9.08. The molecule has 0 saturated carbocycles. The molecule has 1 unspecified atom stereocenters. The van der Waals surface area contributed by atoms with Gasteiger partial charge in [-0.05, 0) is 43.5 Å². The molecule has 3 aromatic heterocycles. The van der Waals surface area contributed by atoms with Gasteiger partial charge in [-0.15, -0.1) is 0 Å². The third kappa shape index (κ3) is 4.65. The summed E-state index contributed by atoms with van der Waals surface area (Å²) in [5.74, 6) is 0.457. The van der Waals surface area contributed by atoms with E-state index in [9.17, 15) is 23.2 Å². The lowest BCUT2D eigenvalue weighted by Crippen LogP contribution is -2.59. The van der Waals surface area contributed by atoms with E-state index in [1.807, 2.05) is 13.8 Å². The minimum atomic E-state index is -4.48. The van der Waals surface area contributed by atoms with Crippen molar-refractivity contribution in [2.75, 3.05) is 18.0 Å². The van der Waals surface area contributed by atoms with Gasteiger partial charge in [-0.1, -0.05) is 19.9 Å². The van der Waals surface area contributed by atoms with E-state index in [2.05, 4.69) is 37.7 Å². The maximum Gasteiger partial charge on any atom is 0.433 e. The van der Waals surface area contributed by atoms with Crippen LogP contribution in [0.15, 0.2) is 35.3 Å². The smallest absolute Gasteiger partial charge is 0.349 e. The van der Waals surface area contributed by atoms with Crippen molar-refractivity contribution >= 4 is 16.9 Å². The zero-order chi connectivity index (χ0) is 26.2. The zero-order valence-corrected chi connectivity index (χ0v) is 20.6. The fraction of sp³-hybridized carbons (Fsp3) is 0.480. The Kier molecular flexibility index (Phi) is 7.00. The summed E-state index contributed by atoms with van der Waals surface area (Å²) in [6, 6.07) is 7.72. The molecule has 8 nitrogen and oxygen atoms in total. The number of hydrogen-bond acceptors (Lipinski definition) is 7. The number of halogens is 3. The van der Waals surface area contributed by atoms with E-state index in [-0.39, 0.29) is 23.8 Å². The molecule has 3 atom stereocenters. The van der Waals surface area contributed by atoms with Crippen molar-refractivity contribution in [3.8, 4) is 6.07 Å². The first kappa shape index (κ1) is 25.6. The molecule has 1 saturated heterocycles. The van der Waals surface area contributed by atoms with Gasteiger partial charge >= 0.3 is 11.9 Å². The van der Waals surface area contributed by atoms with Crippen molar-refractivity contribution in [2.45, 2.75) is 57.9 Å². The second kappa shape index (κ2) is 9.85. The fourth-order valence-corrected chi connectivity index (χ4v) is 4.90. The Morgan fingerprint density at radius 1 is 1.11 bits per heavy atom. The van der Waals surface area contributed by atoms with E-state index in [1.165, 1.54) is 16.8 Å². The van der Waals surface area contributed by atoms with Gasteiger partial charge in [0.15, 0.2) is 5.82 Å². The first-order valence-electron chi connectivity index (χ1n) is 11.9. The van der Waals surface area contributed by atoms with Gasteiger partial charge in [-0.3, -0.25) is 14.5 Å². The summed E-state index contributed by atoms with van der Waals surface area (Å²) in [6.45, 7) is 7.25.